The number of hydrogen-bond donors (Lipinski definition) is 0. The van der Waals surface area contributed by atoms with Crippen LogP contribution in [0, 0.1) is 0 Å². The Morgan fingerprint density at radius 3 is 2.43 bits per heavy atom. The molecular weight excluding hydrogens is 180 g/mol. The molecule has 14 heavy (non-hydrogen) atoms. The number of methoxy groups -OCH3 is 1. The summed E-state index contributed by atoms with van der Waals surface area (Å²) in [7, 11) is 1.31. The predicted octanol–water partition coefficient (Wildman–Crippen LogP) is 3.30. The standard InChI is InChI=1S/C11H20O3/c1-3-4-5-6-7-8-9-10-14-11(12)13-2/h6-7H,3-5,8-10H2,1-2H3/b7-6-. The minimum Gasteiger partial charge on any atom is -0.438 e. The molecule has 0 aliphatic rings. The summed E-state index contributed by atoms with van der Waals surface area (Å²) in [5.74, 6) is 0. The average molecular weight is 200 g/mol. The van der Waals surface area contributed by atoms with Gasteiger partial charge in [-0.1, -0.05) is 31.9 Å². The third-order valence-electron chi connectivity index (χ3n) is 1.79. The largest absolute Gasteiger partial charge is 0.507 e. The van der Waals surface area contributed by atoms with Gasteiger partial charge < -0.3 is 9.47 Å². The normalized spacial score (nSPS) is 10.4. The van der Waals surface area contributed by atoms with Gasteiger partial charge in [0, 0.05) is 0 Å². The molecule has 0 bridgehead atoms. The summed E-state index contributed by atoms with van der Waals surface area (Å²) in [5, 5.41) is 0. The van der Waals surface area contributed by atoms with Crippen LogP contribution in [0.1, 0.15) is 39.0 Å². The summed E-state index contributed by atoms with van der Waals surface area (Å²) in [5.41, 5.74) is 0. The summed E-state index contributed by atoms with van der Waals surface area (Å²) < 4.78 is 9.05. The maximum atomic E-state index is 10.5. The van der Waals surface area contributed by atoms with E-state index in [1.807, 2.05) is 0 Å². The minimum atomic E-state index is -0.597. The molecule has 3 nitrogen and oxygen atoms in total. The van der Waals surface area contributed by atoms with Gasteiger partial charge in [0.25, 0.3) is 0 Å². The van der Waals surface area contributed by atoms with Gasteiger partial charge in [0.2, 0.25) is 0 Å². The Bertz CT molecular complexity index is 164. The first-order valence-electron chi connectivity index (χ1n) is 5.17. The summed E-state index contributed by atoms with van der Waals surface area (Å²) in [6.07, 6.45) is 9.16. The van der Waals surface area contributed by atoms with E-state index < -0.39 is 6.16 Å². The number of ether oxygens (including phenoxy) is 2. The van der Waals surface area contributed by atoms with Gasteiger partial charge in [-0.2, -0.15) is 0 Å². The summed E-state index contributed by atoms with van der Waals surface area (Å²) in [6, 6.07) is 0. The Morgan fingerprint density at radius 2 is 1.86 bits per heavy atom. The molecule has 0 aliphatic carbocycles. The zero-order chi connectivity index (χ0) is 10.6. The smallest absolute Gasteiger partial charge is 0.438 e. The van der Waals surface area contributed by atoms with E-state index in [2.05, 4.69) is 23.8 Å². The van der Waals surface area contributed by atoms with Crippen LogP contribution in [0.2, 0.25) is 0 Å². The molecule has 0 aromatic rings. The zero-order valence-corrected chi connectivity index (χ0v) is 9.12. The van der Waals surface area contributed by atoms with Crippen LogP contribution in [0.25, 0.3) is 0 Å². The number of unbranched alkanes of at least 4 members (excludes halogenated alkanes) is 3. The minimum absolute atomic E-state index is 0.435. The maximum absolute atomic E-state index is 10.5. The number of carbonyl (C=O) groups is 1. The van der Waals surface area contributed by atoms with Gasteiger partial charge in [0.1, 0.15) is 0 Å². The Morgan fingerprint density at radius 1 is 1.21 bits per heavy atom. The van der Waals surface area contributed by atoms with Gasteiger partial charge in [-0.15, -0.1) is 0 Å². The number of carbonyl (C=O) groups excluding carboxylic acids is 1. The molecule has 82 valence electrons. The van der Waals surface area contributed by atoms with Gasteiger partial charge in [-0.3, -0.25) is 0 Å². The SMILES string of the molecule is CCCC/C=C\CCCOC(=O)OC. The molecule has 0 N–H and O–H groups in total. The molecule has 0 saturated carbocycles. The summed E-state index contributed by atoms with van der Waals surface area (Å²) >= 11 is 0. The molecule has 0 saturated heterocycles. The van der Waals surface area contributed by atoms with Crippen molar-refractivity contribution in [2.45, 2.75) is 39.0 Å². The van der Waals surface area contributed by atoms with Crippen LogP contribution in [0.5, 0.6) is 0 Å². The Balaban J connectivity index is 3.12. The lowest BCUT2D eigenvalue weighted by Crippen LogP contribution is -2.04. The van der Waals surface area contributed by atoms with Crippen molar-refractivity contribution >= 4 is 6.16 Å². The van der Waals surface area contributed by atoms with Crippen molar-refractivity contribution < 1.29 is 14.3 Å². The topological polar surface area (TPSA) is 35.5 Å². The van der Waals surface area contributed by atoms with Crippen LogP contribution in [0.4, 0.5) is 4.79 Å². The van der Waals surface area contributed by atoms with Crippen molar-refractivity contribution in [1.29, 1.82) is 0 Å². The Labute approximate surface area is 86.1 Å². The van der Waals surface area contributed by atoms with Gasteiger partial charge in [-0.25, -0.2) is 4.79 Å². The highest BCUT2D eigenvalue weighted by Crippen LogP contribution is 1.98. The number of rotatable bonds is 7. The molecule has 0 fully saturated rings. The number of hydrogen-bond acceptors (Lipinski definition) is 3. The molecule has 0 rings (SSSR count). The molecule has 0 radical (unpaired) electrons. The molecule has 0 atom stereocenters. The fraction of sp³-hybridized carbons (Fsp3) is 0.727. The van der Waals surface area contributed by atoms with Crippen molar-refractivity contribution in [2.24, 2.45) is 0 Å². The molecule has 0 aliphatic heterocycles. The fourth-order valence-corrected chi connectivity index (χ4v) is 0.973. The van der Waals surface area contributed by atoms with Gasteiger partial charge in [0.05, 0.1) is 13.7 Å². The molecule has 0 aromatic heterocycles. The average Bonchev–Trinajstić information content (AvgIpc) is 2.21. The lowest BCUT2D eigenvalue weighted by Gasteiger charge is -2.00. The second-order valence-electron chi connectivity index (χ2n) is 3.06. The predicted molar refractivity (Wildman–Crippen MR) is 56.3 cm³/mol. The molecule has 0 aromatic carbocycles. The van der Waals surface area contributed by atoms with E-state index in [-0.39, 0.29) is 0 Å². The van der Waals surface area contributed by atoms with E-state index in [1.165, 1.54) is 20.0 Å². The second-order valence-corrected chi connectivity index (χ2v) is 3.06. The van der Waals surface area contributed by atoms with Crippen molar-refractivity contribution in [3.8, 4) is 0 Å². The van der Waals surface area contributed by atoms with Crippen molar-refractivity contribution in [2.75, 3.05) is 13.7 Å². The van der Waals surface area contributed by atoms with E-state index in [0.29, 0.717) is 6.61 Å². The first-order chi connectivity index (χ1) is 6.81. The van der Waals surface area contributed by atoms with Crippen LogP contribution >= 0.6 is 0 Å². The van der Waals surface area contributed by atoms with Crippen LogP contribution in [0.15, 0.2) is 12.2 Å². The van der Waals surface area contributed by atoms with Crippen LogP contribution < -0.4 is 0 Å². The molecule has 0 amide bonds. The van der Waals surface area contributed by atoms with Gasteiger partial charge in [0.15, 0.2) is 0 Å². The fourth-order valence-electron chi connectivity index (χ4n) is 0.973. The van der Waals surface area contributed by atoms with Crippen LogP contribution in [-0.4, -0.2) is 19.9 Å². The monoisotopic (exact) mass is 200 g/mol. The van der Waals surface area contributed by atoms with Gasteiger partial charge in [-0.05, 0) is 19.3 Å². The molecular formula is C11H20O3. The Kier molecular flexibility index (Phi) is 9.38. The highest BCUT2D eigenvalue weighted by Gasteiger charge is 1.97. The van der Waals surface area contributed by atoms with Crippen molar-refractivity contribution in [3.05, 3.63) is 12.2 Å². The highest BCUT2D eigenvalue weighted by atomic mass is 16.7. The first kappa shape index (κ1) is 13.0. The van der Waals surface area contributed by atoms with E-state index in [9.17, 15) is 4.79 Å². The Hall–Kier alpha value is -0.990. The highest BCUT2D eigenvalue weighted by molar-refractivity contribution is 5.59. The van der Waals surface area contributed by atoms with Gasteiger partial charge >= 0.3 is 6.16 Å². The molecule has 0 heterocycles. The number of allylic oxidation sites excluding steroid dienone is 2. The second kappa shape index (κ2) is 10.1. The van der Waals surface area contributed by atoms with Crippen LogP contribution in [0.3, 0.4) is 0 Å². The first-order valence-corrected chi connectivity index (χ1v) is 5.17. The van der Waals surface area contributed by atoms with Crippen LogP contribution in [-0.2, 0) is 9.47 Å². The van der Waals surface area contributed by atoms with E-state index in [4.69, 9.17) is 4.74 Å². The molecule has 3 heteroatoms. The quantitative estimate of drug-likeness (QED) is 0.359. The van der Waals surface area contributed by atoms with Crippen molar-refractivity contribution in [1.82, 2.24) is 0 Å². The maximum Gasteiger partial charge on any atom is 0.507 e. The third-order valence-corrected chi connectivity index (χ3v) is 1.79. The summed E-state index contributed by atoms with van der Waals surface area (Å²) in [4.78, 5) is 10.5. The zero-order valence-electron chi connectivity index (χ0n) is 9.12. The van der Waals surface area contributed by atoms with E-state index >= 15 is 0 Å². The van der Waals surface area contributed by atoms with E-state index in [1.54, 1.807) is 0 Å². The van der Waals surface area contributed by atoms with Crippen molar-refractivity contribution in [3.63, 3.8) is 0 Å². The lowest BCUT2D eigenvalue weighted by atomic mass is 10.2. The summed E-state index contributed by atoms with van der Waals surface area (Å²) in [6.45, 7) is 2.61. The van der Waals surface area contributed by atoms with E-state index in [0.717, 1.165) is 19.3 Å². The lowest BCUT2D eigenvalue weighted by molar-refractivity contribution is 0.0721. The molecule has 0 unspecified atom stereocenters. The third kappa shape index (κ3) is 9.10. The molecule has 0 spiro atoms.